The number of hydrazone groups is 1. The van der Waals surface area contributed by atoms with Crippen LogP contribution in [0.25, 0.3) is 0 Å². The van der Waals surface area contributed by atoms with E-state index in [0.29, 0.717) is 11.3 Å². The maximum absolute atomic E-state index is 14.5. The van der Waals surface area contributed by atoms with Gasteiger partial charge in [-0.25, -0.2) is 4.39 Å². The van der Waals surface area contributed by atoms with Gasteiger partial charge in [-0.05, 0) is 48.7 Å². The number of halogens is 1. The third-order valence-electron chi connectivity index (χ3n) is 5.31. The van der Waals surface area contributed by atoms with Crippen molar-refractivity contribution in [3.8, 4) is 0 Å². The number of thiocarbonyl (C=S) groups is 1. The second kappa shape index (κ2) is 9.28. The summed E-state index contributed by atoms with van der Waals surface area (Å²) in [4.78, 5) is 4.69. The molecule has 3 N–H and O–H groups in total. The molecule has 5 nitrogen and oxygen atoms in total. The van der Waals surface area contributed by atoms with Crippen molar-refractivity contribution in [3.63, 3.8) is 0 Å². The molecule has 1 heterocycles. The Hall–Kier alpha value is -1.73. The highest BCUT2D eigenvalue weighted by Gasteiger charge is 2.22. The van der Waals surface area contributed by atoms with Gasteiger partial charge in [0.1, 0.15) is 5.82 Å². The van der Waals surface area contributed by atoms with E-state index in [-0.39, 0.29) is 10.9 Å². The zero-order valence-electron chi connectivity index (χ0n) is 15.2. The van der Waals surface area contributed by atoms with Gasteiger partial charge in [-0.2, -0.15) is 5.10 Å². The Bertz CT molecular complexity index is 637. The van der Waals surface area contributed by atoms with Crippen LogP contribution in [0.3, 0.4) is 0 Å². The van der Waals surface area contributed by atoms with Gasteiger partial charge in [0.2, 0.25) is 0 Å². The van der Waals surface area contributed by atoms with Crippen molar-refractivity contribution >= 4 is 29.2 Å². The van der Waals surface area contributed by atoms with Gasteiger partial charge in [0.25, 0.3) is 0 Å². The van der Waals surface area contributed by atoms with Gasteiger partial charge in [-0.1, -0.05) is 25.3 Å². The van der Waals surface area contributed by atoms with Crippen LogP contribution >= 0.6 is 12.2 Å². The lowest BCUT2D eigenvalue weighted by Gasteiger charge is -2.38. The number of rotatable bonds is 5. The second-order valence-corrected chi connectivity index (χ2v) is 7.68. The zero-order valence-corrected chi connectivity index (χ0v) is 16.0. The first-order valence-corrected chi connectivity index (χ1v) is 9.88. The molecule has 1 aromatic rings. The fourth-order valence-corrected chi connectivity index (χ4v) is 3.99. The number of piperazine rings is 1. The van der Waals surface area contributed by atoms with Crippen LogP contribution in [0.1, 0.15) is 37.7 Å². The topological polar surface area (TPSA) is 56.9 Å². The zero-order chi connectivity index (χ0) is 18.4. The summed E-state index contributed by atoms with van der Waals surface area (Å²) >= 11 is 4.67. The highest BCUT2D eigenvalue weighted by atomic mass is 32.1. The molecule has 26 heavy (non-hydrogen) atoms. The molecule has 0 bridgehead atoms. The molecule has 0 aromatic heterocycles. The highest BCUT2D eigenvalue weighted by Crippen LogP contribution is 2.26. The lowest BCUT2D eigenvalue weighted by atomic mass is 9.89. The summed E-state index contributed by atoms with van der Waals surface area (Å²) in [5.74, 6) is 0.644. The van der Waals surface area contributed by atoms with Gasteiger partial charge in [0.05, 0.1) is 11.9 Å². The minimum Gasteiger partial charge on any atom is -0.375 e. The second-order valence-electron chi connectivity index (χ2n) is 7.24. The summed E-state index contributed by atoms with van der Waals surface area (Å²) in [7, 11) is 0. The predicted octanol–water partition coefficient (Wildman–Crippen LogP) is 2.70. The molecule has 0 radical (unpaired) electrons. The summed E-state index contributed by atoms with van der Waals surface area (Å²) in [6.07, 6.45) is 8.44. The molecule has 1 aliphatic carbocycles. The van der Waals surface area contributed by atoms with Crippen molar-refractivity contribution in [1.82, 2.24) is 10.3 Å². The number of nitrogens with one attached hydrogen (secondary N) is 1. The normalized spacial score (nSPS) is 19.8. The molecule has 2 aliphatic rings. The lowest BCUT2D eigenvalue weighted by Crippen LogP contribution is -2.48. The van der Waals surface area contributed by atoms with Gasteiger partial charge in [0.15, 0.2) is 5.11 Å². The third kappa shape index (κ3) is 5.38. The van der Waals surface area contributed by atoms with E-state index in [1.165, 1.54) is 50.9 Å². The van der Waals surface area contributed by atoms with Crippen LogP contribution in [-0.2, 0) is 0 Å². The molecule has 0 atom stereocenters. The molecule has 3 rings (SSSR count). The van der Waals surface area contributed by atoms with Gasteiger partial charge < -0.3 is 10.6 Å². The maximum atomic E-state index is 14.5. The molecule has 0 amide bonds. The Labute approximate surface area is 160 Å². The van der Waals surface area contributed by atoms with Crippen molar-refractivity contribution < 1.29 is 4.39 Å². The van der Waals surface area contributed by atoms with Crippen molar-refractivity contribution in [2.24, 2.45) is 16.8 Å². The molecule has 142 valence electrons. The molecule has 2 fully saturated rings. The molecule has 1 aromatic carbocycles. The number of anilines is 1. The number of hydrogen-bond acceptors (Lipinski definition) is 4. The monoisotopic (exact) mass is 377 g/mol. The van der Waals surface area contributed by atoms with Crippen molar-refractivity contribution in [3.05, 3.63) is 29.6 Å². The summed E-state index contributed by atoms with van der Waals surface area (Å²) in [6.45, 7) is 4.98. The molecule has 7 heteroatoms. The average Bonchev–Trinajstić information content (AvgIpc) is 2.63. The average molecular weight is 378 g/mol. The fourth-order valence-electron chi connectivity index (χ4n) is 3.94. The van der Waals surface area contributed by atoms with E-state index in [2.05, 4.69) is 32.5 Å². The third-order valence-corrected chi connectivity index (χ3v) is 5.41. The minimum absolute atomic E-state index is 0.0874. The molecule has 1 saturated carbocycles. The van der Waals surface area contributed by atoms with Crippen LogP contribution in [0.5, 0.6) is 0 Å². The largest absolute Gasteiger partial charge is 0.375 e. The summed E-state index contributed by atoms with van der Waals surface area (Å²) in [6, 6.07) is 5.18. The lowest BCUT2D eigenvalue weighted by molar-refractivity contribution is 0.191. The molecular weight excluding hydrogens is 349 g/mol. The maximum Gasteiger partial charge on any atom is 0.184 e. The molecular formula is C19H28FN5S. The van der Waals surface area contributed by atoms with Crippen molar-refractivity contribution in [1.29, 1.82) is 0 Å². The van der Waals surface area contributed by atoms with E-state index in [1.54, 1.807) is 0 Å². The van der Waals surface area contributed by atoms with E-state index in [0.717, 1.165) is 32.1 Å². The minimum atomic E-state index is -0.218. The van der Waals surface area contributed by atoms with Crippen molar-refractivity contribution in [2.45, 2.75) is 32.1 Å². The predicted molar refractivity (Wildman–Crippen MR) is 109 cm³/mol. The van der Waals surface area contributed by atoms with Gasteiger partial charge >= 0.3 is 0 Å². The smallest absolute Gasteiger partial charge is 0.184 e. The first-order chi connectivity index (χ1) is 12.6. The fraction of sp³-hybridized carbons (Fsp3) is 0.579. The van der Waals surface area contributed by atoms with Gasteiger partial charge in [0, 0.05) is 32.7 Å². The van der Waals surface area contributed by atoms with Gasteiger partial charge in [-0.15, -0.1) is 0 Å². The number of nitrogens with zero attached hydrogens (tertiary/aromatic N) is 3. The van der Waals surface area contributed by atoms with Crippen LogP contribution in [0.4, 0.5) is 10.1 Å². The first kappa shape index (κ1) is 19.0. The van der Waals surface area contributed by atoms with E-state index >= 15 is 0 Å². The van der Waals surface area contributed by atoms with Crippen LogP contribution in [0.2, 0.25) is 0 Å². The Kier molecular flexibility index (Phi) is 6.80. The van der Waals surface area contributed by atoms with Crippen LogP contribution in [0, 0.1) is 11.7 Å². The first-order valence-electron chi connectivity index (χ1n) is 9.47. The quantitative estimate of drug-likeness (QED) is 0.469. The Balaban J connectivity index is 1.52. The standard InChI is InChI=1S/C19H28FN5S/c20-17-12-16(13-22-23-19(21)26)6-7-18(17)25-10-8-24(9-11-25)14-15-4-2-1-3-5-15/h6-7,12-13,15H,1-5,8-11,14H2,(H3,21,23,26)/b22-13+. The van der Waals surface area contributed by atoms with Crippen LogP contribution in [0.15, 0.2) is 23.3 Å². The van der Waals surface area contributed by atoms with Crippen molar-refractivity contribution in [2.75, 3.05) is 37.6 Å². The molecule has 0 spiro atoms. The highest BCUT2D eigenvalue weighted by molar-refractivity contribution is 7.80. The molecule has 1 saturated heterocycles. The molecule has 1 aliphatic heterocycles. The van der Waals surface area contributed by atoms with Gasteiger partial charge in [-0.3, -0.25) is 10.3 Å². The van der Waals surface area contributed by atoms with Crippen LogP contribution in [-0.4, -0.2) is 49.0 Å². The van der Waals surface area contributed by atoms with Crippen LogP contribution < -0.4 is 16.1 Å². The van der Waals surface area contributed by atoms with E-state index in [9.17, 15) is 4.39 Å². The molecule has 0 unspecified atom stereocenters. The number of benzene rings is 1. The Morgan fingerprint density at radius 2 is 1.96 bits per heavy atom. The summed E-state index contributed by atoms with van der Waals surface area (Å²) < 4.78 is 14.5. The SMILES string of the molecule is NC(=S)N/N=C/c1ccc(N2CCN(CC3CCCCC3)CC2)c(F)c1. The number of hydrogen-bond donors (Lipinski definition) is 2. The summed E-state index contributed by atoms with van der Waals surface area (Å²) in [5.41, 5.74) is 9.11. The van der Waals surface area contributed by atoms with E-state index < -0.39 is 0 Å². The Morgan fingerprint density at radius 3 is 2.62 bits per heavy atom. The van der Waals surface area contributed by atoms with E-state index in [4.69, 9.17) is 5.73 Å². The van der Waals surface area contributed by atoms with E-state index in [1.807, 2.05) is 12.1 Å². The summed E-state index contributed by atoms with van der Waals surface area (Å²) in [5, 5.41) is 3.95. The Morgan fingerprint density at radius 1 is 1.23 bits per heavy atom. The number of nitrogens with two attached hydrogens (primary N) is 1.